The fraction of sp³-hybridized carbons (Fsp3) is 0.286. The zero-order valence-electron chi connectivity index (χ0n) is 21.0. The summed E-state index contributed by atoms with van der Waals surface area (Å²) in [7, 11) is 0. The van der Waals surface area contributed by atoms with Gasteiger partial charge in [-0.25, -0.2) is 9.97 Å². The van der Waals surface area contributed by atoms with Gasteiger partial charge in [-0.2, -0.15) is 0 Å². The van der Waals surface area contributed by atoms with Crippen LogP contribution in [0.1, 0.15) is 35.7 Å². The van der Waals surface area contributed by atoms with E-state index >= 15 is 0 Å². The molecule has 0 spiro atoms. The van der Waals surface area contributed by atoms with Crippen molar-refractivity contribution in [2.75, 3.05) is 31.1 Å². The van der Waals surface area contributed by atoms with Gasteiger partial charge in [0.1, 0.15) is 17.8 Å². The van der Waals surface area contributed by atoms with Gasteiger partial charge in [0.25, 0.3) is 5.91 Å². The molecule has 0 unspecified atom stereocenters. The topological polar surface area (TPSA) is 114 Å². The lowest BCUT2D eigenvalue weighted by Crippen LogP contribution is -2.45. The Balaban J connectivity index is 1.37. The molecule has 1 fully saturated rings. The van der Waals surface area contributed by atoms with Gasteiger partial charge in [-0.15, -0.1) is 0 Å². The van der Waals surface area contributed by atoms with Gasteiger partial charge in [0.2, 0.25) is 5.91 Å². The predicted molar refractivity (Wildman–Crippen MR) is 149 cm³/mol. The van der Waals surface area contributed by atoms with Crippen LogP contribution in [0.2, 0.25) is 0 Å². The highest BCUT2D eigenvalue weighted by Crippen LogP contribution is 2.34. The smallest absolute Gasteiger partial charge is 0.253 e. The summed E-state index contributed by atoms with van der Waals surface area (Å²) in [6, 6.07) is 17.0. The number of nitrogens with zero attached hydrogens (tertiary/aromatic N) is 4. The average molecular weight is 577 g/mol. The van der Waals surface area contributed by atoms with Gasteiger partial charge < -0.3 is 25.2 Å². The van der Waals surface area contributed by atoms with Crippen molar-refractivity contribution in [2.24, 2.45) is 0 Å². The summed E-state index contributed by atoms with van der Waals surface area (Å²) in [4.78, 5) is 40.7. The fourth-order valence-electron chi connectivity index (χ4n) is 4.89. The van der Waals surface area contributed by atoms with E-state index in [9.17, 15) is 14.7 Å². The lowest BCUT2D eigenvalue weighted by molar-refractivity contribution is -0.118. The molecule has 1 aliphatic rings. The third-order valence-corrected chi connectivity index (χ3v) is 7.49. The number of aromatic nitrogens is 3. The summed E-state index contributed by atoms with van der Waals surface area (Å²) in [6.07, 6.45) is 4.24. The van der Waals surface area contributed by atoms with Crippen LogP contribution in [0.3, 0.4) is 0 Å². The second kappa shape index (κ2) is 10.9. The standard InChI is InChI=1S/C28H29BrN6O3/c1-19(36)30-13-16-35(26-24-9-12-31-25(24)32-18-33-26)23-4-2-3-20(17-23)27(37)34-14-10-28(38,11-15-34)21-5-7-22(29)8-6-21/h2-9,12,17-18,38H,10-11,13-16H2,1H3,(H,30,36)(H,31,32,33). The van der Waals surface area contributed by atoms with Crippen LogP contribution >= 0.6 is 15.9 Å². The number of anilines is 2. The summed E-state index contributed by atoms with van der Waals surface area (Å²) in [5.41, 5.74) is 1.96. The number of nitrogens with one attached hydrogen (secondary N) is 2. The molecule has 0 bridgehead atoms. The minimum atomic E-state index is -0.950. The number of likely N-dealkylation sites (tertiary alicyclic amines) is 1. The van der Waals surface area contributed by atoms with Gasteiger partial charge in [-0.3, -0.25) is 9.59 Å². The number of fused-ring (bicyclic) bond motifs is 1. The number of aromatic amines is 1. The normalized spacial score (nSPS) is 14.9. The third-order valence-electron chi connectivity index (χ3n) is 6.96. The Bertz CT molecular complexity index is 1450. The van der Waals surface area contributed by atoms with Crippen molar-refractivity contribution < 1.29 is 14.7 Å². The second-order valence-electron chi connectivity index (χ2n) is 9.45. The molecule has 5 rings (SSSR count). The molecular weight excluding hydrogens is 548 g/mol. The molecule has 0 aliphatic carbocycles. The number of halogens is 1. The Kier molecular flexibility index (Phi) is 7.44. The molecule has 3 N–H and O–H groups in total. The molecule has 1 saturated heterocycles. The first-order valence-corrected chi connectivity index (χ1v) is 13.3. The van der Waals surface area contributed by atoms with Gasteiger partial charge in [-0.1, -0.05) is 34.1 Å². The molecule has 2 aromatic heterocycles. The van der Waals surface area contributed by atoms with Crippen molar-refractivity contribution in [1.29, 1.82) is 0 Å². The van der Waals surface area contributed by atoms with Crippen LogP contribution in [-0.4, -0.2) is 63.0 Å². The summed E-state index contributed by atoms with van der Waals surface area (Å²) < 4.78 is 0.961. The summed E-state index contributed by atoms with van der Waals surface area (Å²) in [6.45, 7) is 3.26. The number of rotatable bonds is 7. The number of hydrogen-bond acceptors (Lipinski definition) is 6. The maximum absolute atomic E-state index is 13.5. The first-order valence-electron chi connectivity index (χ1n) is 12.5. The molecule has 1 aliphatic heterocycles. The van der Waals surface area contributed by atoms with Gasteiger partial charge in [0.15, 0.2) is 0 Å². The van der Waals surface area contributed by atoms with Crippen LogP contribution in [0.4, 0.5) is 11.5 Å². The lowest BCUT2D eigenvalue weighted by atomic mass is 9.84. The van der Waals surface area contributed by atoms with Crippen LogP contribution < -0.4 is 10.2 Å². The molecule has 0 radical (unpaired) electrons. The van der Waals surface area contributed by atoms with E-state index in [4.69, 9.17) is 0 Å². The SMILES string of the molecule is CC(=O)NCCN(c1cccc(C(=O)N2CCC(O)(c3ccc(Br)cc3)CC2)c1)c1ncnc2[nH]ccc12. The molecule has 10 heteroatoms. The number of hydrogen-bond donors (Lipinski definition) is 3. The largest absolute Gasteiger partial charge is 0.385 e. The van der Waals surface area contributed by atoms with Crippen molar-refractivity contribution in [3.8, 4) is 0 Å². The molecule has 38 heavy (non-hydrogen) atoms. The summed E-state index contributed by atoms with van der Waals surface area (Å²) >= 11 is 3.44. The van der Waals surface area contributed by atoms with Crippen molar-refractivity contribution in [3.63, 3.8) is 0 Å². The van der Waals surface area contributed by atoms with Gasteiger partial charge in [-0.05, 0) is 54.8 Å². The Labute approximate surface area is 229 Å². The van der Waals surface area contributed by atoms with Gasteiger partial charge >= 0.3 is 0 Å². The number of aliphatic hydroxyl groups is 1. The maximum atomic E-state index is 13.5. The fourth-order valence-corrected chi connectivity index (χ4v) is 5.16. The summed E-state index contributed by atoms with van der Waals surface area (Å²) in [5, 5.41) is 14.9. The monoisotopic (exact) mass is 576 g/mol. The van der Waals surface area contributed by atoms with E-state index in [1.54, 1.807) is 17.2 Å². The van der Waals surface area contributed by atoms with Gasteiger partial charge in [0.05, 0.1) is 11.0 Å². The van der Waals surface area contributed by atoms with E-state index in [1.807, 2.05) is 53.4 Å². The van der Waals surface area contributed by atoms with Crippen molar-refractivity contribution in [1.82, 2.24) is 25.2 Å². The molecule has 4 aromatic rings. The van der Waals surface area contributed by atoms with E-state index in [2.05, 4.69) is 36.2 Å². The molecular formula is C28H29BrN6O3. The van der Waals surface area contributed by atoms with E-state index < -0.39 is 5.60 Å². The van der Waals surface area contributed by atoms with Crippen LogP contribution in [0, 0.1) is 0 Å². The number of carbonyl (C=O) groups is 2. The Morgan fingerprint density at radius 1 is 1.13 bits per heavy atom. The average Bonchev–Trinajstić information content (AvgIpc) is 3.41. The van der Waals surface area contributed by atoms with Crippen LogP contribution in [-0.2, 0) is 10.4 Å². The third kappa shape index (κ3) is 5.41. The van der Waals surface area contributed by atoms with Crippen LogP contribution in [0.5, 0.6) is 0 Å². The van der Waals surface area contributed by atoms with Crippen LogP contribution in [0.25, 0.3) is 11.0 Å². The first-order chi connectivity index (χ1) is 18.3. The molecule has 0 atom stereocenters. The number of benzene rings is 2. The molecule has 2 amide bonds. The molecule has 0 saturated carbocycles. The molecule has 3 heterocycles. The van der Waals surface area contributed by atoms with E-state index in [0.717, 1.165) is 21.1 Å². The number of amides is 2. The number of piperidine rings is 1. The number of H-pyrrole nitrogens is 1. The lowest BCUT2D eigenvalue weighted by Gasteiger charge is -2.38. The first kappa shape index (κ1) is 25.9. The van der Waals surface area contributed by atoms with E-state index in [-0.39, 0.29) is 11.8 Å². The highest BCUT2D eigenvalue weighted by molar-refractivity contribution is 9.10. The van der Waals surface area contributed by atoms with Crippen LogP contribution in [0.15, 0.2) is 71.6 Å². The van der Waals surface area contributed by atoms with Crippen molar-refractivity contribution >= 4 is 50.3 Å². The van der Waals surface area contributed by atoms with E-state index in [1.165, 1.54) is 13.3 Å². The maximum Gasteiger partial charge on any atom is 0.253 e. The minimum absolute atomic E-state index is 0.0824. The number of carbonyl (C=O) groups excluding carboxylic acids is 2. The highest BCUT2D eigenvalue weighted by Gasteiger charge is 2.35. The zero-order chi connectivity index (χ0) is 26.7. The van der Waals surface area contributed by atoms with Crippen molar-refractivity contribution in [3.05, 3.63) is 82.7 Å². The molecule has 196 valence electrons. The zero-order valence-corrected chi connectivity index (χ0v) is 22.6. The summed E-state index contributed by atoms with van der Waals surface area (Å²) in [5.74, 6) is 0.487. The molecule has 2 aromatic carbocycles. The Morgan fingerprint density at radius 2 is 1.89 bits per heavy atom. The van der Waals surface area contributed by atoms with Gasteiger partial charge in [0, 0.05) is 55.0 Å². The predicted octanol–water partition coefficient (Wildman–Crippen LogP) is 4.12. The van der Waals surface area contributed by atoms with E-state index in [0.29, 0.717) is 56.0 Å². The minimum Gasteiger partial charge on any atom is -0.385 e. The second-order valence-corrected chi connectivity index (χ2v) is 10.4. The van der Waals surface area contributed by atoms with Crippen molar-refractivity contribution in [2.45, 2.75) is 25.4 Å². The Hall–Kier alpha value is -3.76. The highest BCUT2D eigenvalue weighted by atomic mass is 79.9. The Morgan fingerprint density at radius 3 is 2.63 bits per heavy atom. The quantitative estimate of drug-likeness (QED) is 0.305. The molecule has 9 nitrogen and oxygen atoms in total.